The number of furan rings is 1. The molecule has 2 aromatic heterocycles. The lowest BCUT2D eigenvalue weighted by Crippen LogP contribution is -2.12. The number of carbonyl (C=O) groups is 1. The lowest BCUT2D eigenvalue weighted by Gasteiger charge is -2.08. The molecule has 5 nitrogen and oxygen atoms in total. The van der Waals surface area contributed by atoms with Crippen LogP contribution in [0.4, 0.5) is 17.1 Å². The molecular formula is C19H15N3O2. The maximum Gasteiger partial charge on any atom is 0.272 e. The van der Waals surface area contributed by atoms with Crippen LogP contribution in [0.5, 0.6) is 0 Å². The molecule has 0 aliphatic rings. The molecule has 0 bridgehead atoms. The summed E-state index contributed by atoms with van der Waals surface area (Å²) in [6.07, 6.45) is 1.58. The summed E-state index contributed by atoms with van der Waals surface area (Å²) in [5.74, 6) is -0.204. The van der Waals surface area contributed by atoms with Gasteiger partial charge in [-0.05, 0) is 36.4 Å². The van der Waals surface area contributed by atoms with Crippen LogP contribution in [-0.2, 0) is 0 Å². The van der Waals surface area contributed by atoms with Crippen LogP contribution in [0.15, 0.2) is 77.4 Å². The second kappa shape index (κ2) is 5.96. The maximum absolute atomic E-state index is 12.3. The standard InChI is InChI=1S/C19H15N3O2/c23-19(17-12-18-16(22-17)10-11-24-18)21-15-8-6-14(7-9-15)20-13-4-2-1-3-5-13/h1-12,20,22H,(H,21,23). The van der Waals surface area contributed by atoms with E-state index < -0.39 is 0 Å². The average molecular weight is 317 g/mol. The number of para-hydroxylation sites is 1. The van der Waals surface area contributed by atoms with E-state index in [0.29, 0.717) is 11.3 Å². The van der Waals surface area contributed by atoms with Crippen molar-refractivity contribution in [2.45, 2.75) is 0 Å². The minimum absolute atomic E-state index is 0.204. The van der Waals surface area contributed by atoms with Crippen molar-refractivity contribution in [2.24, 2.45) is 0 Å². The second-order valence-electron chi connectivity index (χ2n) is 5.40. The lowest BCUT2D eigenvalue weighted by molar-refractivity contribution is 0.102. The summed E-state index contributed by atoms with van der Waals surface area (Å²) in [5.41, 5.74) is 4.64. The SMILES string of the molecule is O=C(Nc1ccc(Nc2ccccc2)cc1)c1cc2occc2[nH]1. The van der Waals surface area contributed by atoms with Gasteiger partial charge in [0, 0.05) is 29.2 Å². The van der Waals surface area contributed by atoms with Crippen molar-refractivity contribution in [1.82, 2.24) is 4.98 Å². The molecule has 4 rings (SSSR count). The molecular weight excluding hydrogens is 302 g/mol. The van der Waals surface area contributed by atoms with E-state index in [0.717, 1.165) is 22.6 Å². The number of anilines is 3. The average Bonchev–Trinajstić information content (AvgIpc) is 3.19. The van der Waals surface area contributed by atoms with Crippen LogP contribution in [0, 0.1) is 0 Å². The van der Waals surface area contributed by atoms with Crippen molar-refractivity contribution < 1.29 is 9.21 Å². The van der Waals surface area contributed by atoms with Gasteiger partial charge in [0.15, 0.2) is 5.58 Å². The highest BCUT2D eigenvalue weighted by atomic mass is 16.3. The molecule has 1 amide bonds. The van der Waals surface area contributed by atoms with E-state index in [1.54, 1.807) is 18.4 Å². The van der Waals surface area contributed by atoms with E-state index in [-0.39, 0.29) is 5.91 Å². The van der Waals surface area contributed by atoms with Gasteiger partial charge in [-0.3, -0.25) is 4.79 Å². The molecule has 0 saturated carbocycles. The van der Waals surface area contributed by atoms with Crippen molar-refractivity contribution in [1.29, 1.82) is 0 Å². The van der Waals surface area contributed by atoms with E-state index in [4.69, 9.17) is 4.42 Å². The monoisotopic (exact) mass is 317 g/mol. The first-order valence-corrected chi connectivity index (χ1v) is 7.58. The number of rotatable bonds is 4. The van der Waals surface area contributed by atoms with E-state index in [1.165, 1.54) is 0 Å². The molecule has 0 fully saturated rings. The van der Waals surface area contributed by atoms with Crippen molar-refractivity contribution in [3.63, 3.8) is 0 Å². The fourth-order valence-corrected chi connectivity index (χ4v) is 2.49. The molecule has 0 atom stereocenters. The minimum Gasteiger partial charge on any atom is -0.463 e. The molecule has 24 heavy (non-hydrogen) atoms. The Morgan fingerprint density at radius 3 is 2.33 bits per heavy atom. The summed E-state index contributed by atoms with van der Waals surface area (Å²) in [5, 5.41) is 6.16. The zero-order valence-electron chi connectivity index (χ0n) is 12.7. The molecule has 0 aliphatic carbocycles. The summed E-state index contributed by atoms with van der Waals surface area (Å²) in [7, 11) is 0. The highest BCUT2D eigenvalue weighted by Gasteiger charge is 2.11. The van der Waals surface area contributed by atoms with Crippen LogP contribution in [0.1, 0.15) is 10.5 Å². The van der Waals surface area contributed by atoms with E-state index >= 15 is 0 Å². The van der Waals surface area contributed by atoms with Gasteiger partial charge in [0.05, 0.1) is 11.8 Å². The third-order valence-electron chi connectivity index (χ3n) is 3.69. The summed E-state index contributed by atoms with van der Waals surface area (Å²) >= 11 is 0. The Kier molecular flexibility index (Phi) is 3.51. The van der Waals surface area contributed by atoms with Crippen LogP contribution >= 0.6 is 0 Å². The van der Waals surface area contributed by atoms with E-state index in [1.807, 2.05) is 54.6 Å². The number of hydrogen-bond donors (Lipinski definition) is 3. The Morgan fingerprint density at radius 1 is 0.875 bits per heavy atom. The van der Waals surface area contributed by atoms with Gasteiger partial charge in [0.1, 0.15) is 5.69 Å². The highest BCUT2D eigenvalue weighted by molar-refractivity contribution is 6.05. The summed E-state index contributed by atoms with van der Waals surface area (Å²) < 4.78 is 5.25. The lowest BCUT2D eigenvalue weighted by atomic mass is 10.2. The number of aromatic amines is 1. The van der Waals surface area contributed by atoms with Crippen LogP contribution in [0.3, 0.4) is 0 Å². The van der Waals surface area contributed by atoms with E-state index in [9.17, 15) is 4.79 Å². The number of carbonyl (C=O) groups excluding carboxylic acids is 1. The third kappa shape index (κ3) is 2.87. The Bertz CT molecular complexity index is 940. The molecule has 0 aliphatic heterocycles. The molecule has 5 heteroatoms. The molecule has 0 radical (unpaired) electrons. The highest BCUT2D eigenvalue weighted by Crippen LogP contribution is 2.20. The summed E-state index contributed by atoms with van der Waals surface area (Å²) in [4.78, 5) is 15.3. The fourth-order valence-electron chi connectivity index (χ4n) is 2.49. The predicted octanol–water partition coefficient (Wildman–Crippen LogP) is 4.76. The van der Waals surface area contributed by atoms with Gasteiger partial charge in [0.25, 0.3) is 5.91 Å². The number of benzene rings is 2. The number of nitrogens with one attached hydrogen (secondary N) is 3. The number of fused-ring (bicyclic) bond motifs is 1. The van der Waals surface area contributed by atoms with Gasteiger partial charge in [-0.1, -0.05) is 18.2 Å². The van der Waals surface area contributed by atoms with Gasteiger partial charge in [-0.15, -0.1) is 0 Å². The van der Waals surface area contributed by atoms with Gasteiger partial charge in [-0.25, -0.2) is 0 Å². The first kappa shape index (κ1) is 14.1. The van der Waals surface area contributed by atoms with Crippen LogP contribution in [0.2, 0.25) is 0 Å². The topological polar surface area (TPSA) is 70.1 Å². The van der Waals surface area contributed by atoms with Gasteiger partial charge in [-0.2, -0.15) is 0 Å². The maximum atomic E-state index is 12.3. The van der Waals surface area contributed by atoms with Crippen molar-refractivity contribution in [3.8, 4) is 0 Å². The van der Waals surface area contributed by atoms with Crippen molar-refractivity contribution in [3.05, 3.63) is 78.7 Å². The molecule has 0 spiro atoms. The molecule has 118 valence electrons. The van der Waals surface area contributed by atoms with Crippen LogP contribution < -0.4 is 10.6 Å². The Hall–Kier alpha value is -3.47. The van der Waals surface area contributed by atoms with Gasteiger partial charge in [0.2, 0.25) is 0 Å². The van der Waals surface area contributed by atoms with Crippen molar-refractivity contribution >= 4 is 34.1 Å². The summed E-state index contributed by atoms with van der Waals surface area (Å²) in [6.45, 7) is 0. The third-order valence-corrected chi connectivity index (χ3v) is 3.69. The number of amides is 1. The molecule has 3 N–H and O–H groups in total. The first-order chi connectivity index (χ1) is 11.8. The first-order valence-electron chi connectivity index (χ1n) is 7.58. The van der Waals surface area contributed by atoms with Gasteiger partial charge < -0.3 is 20.0 Å². The van der Waals surface area contributed by atoms with Crippen molar-refractivity contribution in [2.75, 3.05) is 10.6 Å². The smallest absolute Gasteiger partial charge is 0.272 e. The number of H-pyrrole nitrogens is 1. The Balaban J connectivity index is 1.45. The largest absolute Gasteiger partial charge is 0.463 e. The second-order valence-corrected chi connectivity index (χ2v) is 5.40. The van der Waals surface area contributed by atoms with E-state index in [2.05, 4.69) is 15.6 Å². The van der Waals surface area contributed by atoms with Crippen LogP contribution in [0.25, 0.3) is 11.1 Å². The number of hydrogen-bond acceptors (Lipinski definition) is 3. The fraction of sp³-hybridized carbons (Fsp3) is 0. The Labute approximate surface area is 138 Å². The molecule has 0 unspecified atom stereocenters. The Morgan fingerprint density at radius 2 is 1.58 bits per heavy atom. The summed E-state index contributed by atoms with van der Waals surface area (Å²) in [6, 6.07) is 21.0. The molecule has 4 aromatic rings. The molecule has 2 heterocycles. The number of aromatic nitrogens is 1. The molecule has 2 aromatic carbocycles. The normalized spacial score (nSPS) is 10.7. The predicted molar refractivity (Wildman–Crippen MR) is 94.7 cm³/mol. The zero-order valence-corrected chi connectivity index (χ0v) is 12.7. The minimum atomic E-state index is -0.204. The van der Waals surface area contributed by atoms with Gasteiger partial charge >= 0.3 is 0 Å². The molecule has 0 saturated heterocycles. The van der Waals surface area contributed by atoms with Crippen LogP contribution in [-0.4, -0.2) is 10.9 Å². The zero-order chi connectivity index (χ0) is 16.4. The quantitative estimate of drug-likeness (QED) is 0.508.